The monoisotopic (exact) mass is 208 g/mol. The summed E-state index contributed by atoms with van der Waals surface area (Å²) in [6.45, 7) is 4.52. The normalized spacial score (nSPS) is 21.7. The molecule has 15 heavy (non-hydrogen) atoms. The van der Waals surface area contributed by atoms with E-state index in [0.717, 1.165) is 25.5 Å². The maximum absolute atomic E-state index is 9.01. The van der Waals surface area contributed by atoms with Crippen molar-refractivity contribution in [3.8, 4) is 0 Å². The van der Waals surface area contributed by atoms with E-state index in [-0.39, 0.29) is 12.7 Å². The van der Waals surface area contributed by atoms with Crippen LogP contribution in [0.1, 0.15) is 12.6 Å². The van der Waals surface area contributed by atoms with Crippen LogP contribution in [-0.2, 0) is 11.3 Å². The van der Waals surface area contributed by atoms with Gasteiger partial charge in [-0.1, -0.05) is 6.07 Å². The number of hydrogen-bond acceptors (Lipinski definition) is 4. The quantitative estimate of drug-likeness (QED) is 0.781. The summed E-state index contributed by atoms with van der Waals surface area (Å²) in [5, 5.41) is 9.01. The number of ether oxygens (including phenoxy) is 1. The predicted octanol–water partition coefficient (Wildman–Crippen LogP) is 0.799. The highest BCUT2D eigenvalue weighted by molar-refractivity contribution is 5.39. The van der Waals surface area contributed by atoms with Crippen LogP contribution in [0.2, 0.25) is 0 Å². The molecule has 1 aromatic rings. The minimum Gasteiger partial charge on any atom is -0.390 e. The van der Waals surface area contributed by atoms with E-state index in [2.05, 4.69) is 16.8 Å². The van der Waals surface area contributed by atoms with Crippen molar-refractivity contribution in [3.63, 3.8) is 0 Å². The van der Waals surface area contributed by atoms with Gasteiger partial charge in [-0.05, 0) is 19.1 Å². The third-order valence-corrected chi connectivity index (χ3v) is 2.52. The second-order valence-corrected chi connectivity index (χ2v) is 3.77. The lowest BCUT2D eigenvalue weighted by atomic mass is 10.3. The number of aromatic nitrogens is 1. The fraction of sp³-hybridized carbons (Fsp3) is 0.545. The molecule has 0 spiro atoms. The molecule has 0 amide bonds. The maximum atomic E-state index is 9.01. The Labute approximate surface area is 89.5 Å². The number of aliphatic hydroxyl groups is 1. The molecule has 4 nitrogen and oxygen atoms in total. The largest absolute Gasteiger partial charge is 0.390 e. The molecule has 4 heteroatoms. The Bertz CT molecular complexity index is 330. The van der Waals surface area contributed by atoms with Gasteiger partial charge in [-0.15, -0.1) is 0 Å². The van der Waals surface area contributed by atoms with Gasteiger partial charge in [-0.25, -0.2) is 4.98 Å². The maximum Gasteiger partial charge on any atom is 0.129 e. The zero-order chi connectivity index (χ0) is 10.7. The first-order valence-electron chi connectivity index (χ1n) is 5.23. The molecule has 82 valence electrons. The molecular formula is C11H16N2O2. The van der Waals surface area contributed by atoms with Crippen molar-refractivity contribution < 1.29 is 9.84 Å². The molecule has 1 unspecified atom stereocenters. The molecule has 0 aliphatic carbocycles. The lowest BCUT2D eigenvalue weighted by molar-refractivity contribution is 0.0529. The number of pyridine rings is 1. The van der Waals surface area contributed by atoms with Gasteiger partial charge in [0.25, 0.3) is 0 Å². The summed E-state index contributed by atoms with van der Waals surface area (Å²) in [5.41, 5.74) is 0.714. The van der Waals surface area contributed by atoms with Crippen LogP contribution in [0.15, 0.2) is 18.2 Å². The smallest absolute Gasteiger partial charge is 0.129 e. The van der Waals surface area contributed by atoms with Crippen molar-refractivity contribution >= 4 is 5.82 Å². The third kappa shape index (κ3) is 2.46. The van der Waals surface area contributed by atoms with Gasteiger partial charge in [0.2, 0.25) is 0 Å². The summed E-state index contributed by atoms with van der Waals surface area (Å²) in [4.78, 5) is 6.56. The molecule has 0 aromatic carbocycles. The van der Waals surface area contributed by atoms with Crippen molar-refractivity contribution in [2.75, 3.05) is 24.6 Å². The molecule has 1 fully saturated rings. The second kappa shape index (κ2) is 4.59. The number of anilines is 1. The molecule has 2 rings (SSSR count). The van der Waals surface area contributed by atoms with Gasteiger partial charge >= 0.3 is 0 Å². The molecule has 1 saturated heterocycles. The van der Waals surface area contributed by atoms with E-state index in [1.807, 2.05) is 18.2 Å². The van der Waals surface area contributed by atoms with Gasteiger partial charge < -0.3 is 14.7 Å². The van der Waals surface area contributed by atoms with Gasteiger partial charge in [0.15, 0.2) is 0 Å². The topological polar surface area (TPSA) is 45.6 Å². The highest BCUT2D eigenvalue weighted by Gasteiger charge is 2.17. The van der Waals surface area contributed by atoms with E-state index in [0.29, 0.717) is 5.69 Å². The summed E-state index contributed by atoms with van der Waals surface area (Å²) >= 11 is 0. The average molecular weight is 208 g/mol. The number of nitrogens with zero attached hydrogens (tertiary/aromatic N) is 2. The van der Waals surface area contributed by atoms with Crippen LogP contribution in [0.5, 0.6) is 0 Å². The Balaban J connectivity index is 2.13. The van der Waals surface area contributed by atoms with Crippen LogP contribution in [0.4, 0.5) is 5.82 Å². The first-order chi connectivity index (χ1) is 7.29. The van der Waals surface area contributed by atoms with Gasteiger partial charge in [0.1, 0.15) is 5.82 Å². The van der Waals surface area contributed by atoms with E-state index in [9.17, 15) is 0 Å². The number of hydrogen-bond donors (Lipinski definition) is 1. The van der Waals surface area contributed by atoms with Crippen LogP contribution in [0.3, 0.4) is 0 Å². The second-order valence-electron chi connectivity index (χ2n) is 3.77. The number of morpholine rings is 1. The Morgan fingerprint density at radius 1 is 1.60 bits per heavy atom. The lowest BCUT2D eigenvalue weighted by Gasteiger charge is -2.32. The predicted molar refractivity (Wildman–Crippen MR) is 57.8 cm³/mol. The lowest BCUT2D eigenvalue weighted by Crippen LogP contribution is -2.41. The van der Waals surface area contributed by atoms with Crippen LogP contribution >= 0.6 is 0 Å². The van der Waals surface area contributed by atoms with E-state index in [1.165, 1.54) is 0 Å². The van der Waals surface area contributed by atoms with Gasteiger partial charge in [0.05, 0.1) is 25.0 Å². The summed E-state index contributed by atoms with van der Waals surface area (Å²) in [6.07, 6.45) is 0.248. The Morgan fingerprint density at radius 2 is 2.47 bits per heavy atom. The molecule has 1 aliphatic rings. The first kappa shape index (κ1) is 10.4. The van der Waals surface area contributed by atoms with Crippen LogP contribution < -0.4 is 4.90 Å². The summed E-state index contributed by atoms with van der Waals surface area (Å²) in [7, 11) is 0. The van der Waals surface area contributed by atoms with Crippen LogP contribution in [0.25, 0.3) is 0 Å². The van der Waals surface area contributed by atoms with Crippen molar-refractivity contribution in [2.24, 2.45) is 0 Å². The first-order valence-corrected chi connectivity index (χ1v) is 5.23. The Kier molecular flexibility index (Phi) is 3.18. The molecule has 0 saturated carbocycles. The minimum absolute atomic E-state index is 0.00622. The molecule has 1 atom stereocenters. The van der Waals surface area contributed by atoms with Crippen molar-refractivity contribution in [1.29, 1.82) is 0 Å². The van der Waals surface area contributed by atoms with Crippen molar-refractivity contribution in [3.05, 3.63) is 23.9 Å². The molecule has 1 N–H and O–H groups in total. The van der Waals surface area contributed by atoms with E-state index in [1.54, 1.807) is 0 Å². The SMILES string of the molecule is CC1CN(c2cccc(CO)n2)CCO1. The fourth-order valence-corrected chi connectivity index (χ4v) is 1.76. The zero-order valence-corrected chi connectivity index (χ0v) is 8.89. The molecular weight excluding hydrogens is 192 g/mol. The molecule has 1 aromatic heterocycles. The highest BCUT2D eigenvalue weighted by atomic mass is 16.5. The standard InChI is InChI=1S/C11H16N2O2/c1-9-7-13(5-6-15-9)11-4-2-3-10(8-14)12-11/h2-4,9,14H,5-8H2,1H3. The van der Waals surface area contributed by atoms with E-state index >= 15 is 0 Å². The van der Waals surface area contributed by atoms with Crippen LogP contribution in [-0.4, -0.2) is 35.9 Å². The average Bonchev–Trinajstić information content (AvgIpc) is 2.29. The highest BCUT2D eigenvalue weighted by Crippen LogP contribution is 2.15. The molecule has 1 aliphatic heterocycles. The van der Waals surface area contributed by atoms with Crippen molar-refractivity contribution in [1.82, 2.24) is 4.98 Å². The minimum atomic E-state index is -0.00622. The van der Waals surface area contributed by atoms with E-state index in [4.69, 9.17) is 9.84 Å². The van der Waals surface area contributed by atoms with Crippen molar-refractivity contribution in [2.45, 2.75) is 19.6 Å². The molecule has 0 radical (unpaired) electrons. The Hall–Kier alpha value is -1.13. The van der Waals surface area contributed by atoms with Gasteiger partial charge in [-0.3, -0.25) is 0 Å². The summed E-state index contributed by atoms with van der Waals surface area (Å²) < 4.78 is 5.47. The summed E-state index contributed by atoms with van der Waals surface area (Å²) in [5.74, 6) is 0.928. The summed E-state index contributed by atoms with van der Waals surface area (Å²) in [6, 6.07) is 5.72. The van der Waals surface area contributed by atoms with Crippen LogP contribution in [0, 0.1) is 0 Å². The number of aliphatic hydroxyl groups excluding tert-OH is 1. The third-order valence-electron chi connectivity index (χ3n) is 2.52. The van der Waals surface area contributed by atoms with Gasteiger partial charge in [-0.2, -0.15) is 0 Å². The zero-order valence-electron chi connectivity index (χ0n) is 8.89. The molecule has 2 heterocycles. The van der Waals surface area contributed by atoms with E-state index < -0.39 is 0 Å². The number of rotatable bonds is 2. The molecule has 0 bridgehead atoms. The Morgan fingerprint density at radius 3 is 3.20 bits per heavy atom. The van der Waals surface area contributed by atoms with Gasteiger partial charge in [0, 0.05) is 13.1 Å². The fourth-order valence-electron chi connectivity index (χ4n) is 1.76.